The molecule has 0 aliphatic heterocycles. The SMILES string of the molecule is Cc1ccc2c(Nc3ncnc(Nc4cc(Cl)ccc4C)c3[N+](=O)[O-])cccc2n1. The predicted octanol–water partition coefficient (Wildman–Crippen LogP) is 5.69. The number of aromatic nitrogens is 3. The predicted molar refractivity (Wildman–Crippen MR) is 118 cm³/mol. The Morgan fingerprint density at radius 3 is 2.43 bits per heavy atom. The first kappa shape index (κ1) is 19.5. The molecule has 0 saturated heterocycles. The number of nitro groups is 1. The number of hydrogen-bond acceptors (Lipinski definition) is 7. The van der Waals surface area contributed by atoms with Gasteiger partial charge in [0.2, 0.25) is 11.6 Å². The summed E-state index contributed by atoms with van der Waals surface area (Å²) in [4.78, 5) is 24.1. The van der Waals surface area contributed by atoms with E-state index in [-0.39, 0.29) is 17.3 Å². The first-order valence-electron chi connectivity index (χ1n) is 9.08. The lowest BCUT2D eigenvalue weighted by atomic mass is 10.1. The van der Waals surface area contributed by atoms with Gasteiger partial charge in [-0.2, -0.15) is 0 Å². The monoisotopic (exact) mass is 420 g/mol. The summed E-state index contributed by atoms with van der Waals surface area (Å²) in [5.74, 6) is 0.141. The second-order valence-corrected chi connectivity index (χ2v) is 7.15. The molecule has 0 aliphatic rings. The standard InChI is InChI=1S/C21H17ClN6O2/c1-12-6-8-14(22)10-18(12)27-21-19(28(29)30)20(23-11-24-21)26-17-5-3-4-16-15(17)9-7-13(2)25-16/h3-11H,1-2H3,(H2,23,24,26,27). The van der Waals surface area contributed by atoms with Crippen LogP contribution in [0.4, 0.5) is 28.7 Å². The van der Waals surface area contributed by atoms with Crippen molar-refractivity contribution in [2.24, 2.45) is 0 Å². The number of anilines is 4. The van der Waals surface area contributed by atoms with Gasteiger partial charge in [-0.25, -0.2) is 9.97 Å². The van der Waals surface area contributed by atoms with E-state index in [0.717, 1.165) is 22.2 Å². The molecule has 0 aliphatic carbocycles. The van der Waals surface area contributed by atoms with Crippen molar-refractivity contribution in [3.63, 3.8) is 0 Å². The molecule has 0 radical (unpaired) electrons. The van der Waals surface area contributed by atoms with E-state index < -0.39 is 4.92 Å². The third kappa shape index (κ3) is 3.85. The molecule has 2 aromatic heterocycles. The van der Waals surface area contributed by atoms with Gasteiger partial charge in [0.05, 0.1) is 10.4 Å². The Kier molecular flexibility index (Phi) is 5.16. The Morgan fingerprint density at radius 1 is 0.967 bits per heavy atom. The van der Waals surface area contributed by atoms with Crippen LogP contribution >= 0.6 is 11.6 Å². The maximum atomic E-state index is 11.9. The fourth-order valence-corrected chi connectivity index (χ4v) is 3.26. The average Bonchev–Trinajstić information content (AvgIpc) is 2.70. The third-order valence-electron chi connectivity index (χ3n) is 4.58. The van der Waals surface area contributed by atoms with Crippen LogP contribution < -0.4 is 10.6 Å². The normalized spacial score (nSPS) is 10.8. The smallest absolute Gasteiger partial charge is 0.334 e. The largest absolute Gasteiger partial charge is 0.353 e. The number of halogens is 1. The molecule has 0 spiro atoms. The highest BCUT2D eigenvalue weighted by molar-refractivity contribution is 6.30. The van der Waals surface area contributed by atoms with E-state index in [1.165, 1.54) is 6.33 Å². The zero-order chi connectivity index (χ0) is 21.3. The topological polar surface area (TPSA) is 106 Å². The second-order valence-electron chi connectivity index (χ2n) is 6.71. The lowest BCUT2D eigenvalue weighted by Gasteiger charge is -2.13. The van der Waals surface area contributed by atoms with Gasteiger partial charge in [-0.05, 0) is 55.8 Å². The van der Waals surface area contributed by atoms with Crippen molar-refractivity contribution >= 4 is 51.2 Å². The number of fused-ring (bicyclic) bond motifs is 1. The summed E-state index contributed by atoms with van der Waals surface area (Å²) in [6.45, 7) is 3.78. The van der Waals surface area contributed by atoms with Crippen molar-refractivity contribution in [3.05, 3.63) is 81.3 Å². The number of aryl methyl sites for hydroxylation is 2. The molecule has 4 rings (SSSR count). The highest BCUT2D eigenvalue weighted by Gasteiger charge is 2.24. The van der Waals surface area contributed by atoms with Crippen LogP contribution in [0.15, 0.2) is 54.9 Å². The molecule has 150 valence electrons. The highest BCUT2D eigenvalue weighted by atomic mass is 35.5. The van der Waals surface area contributed by atoms with Gasteiger partial charge in [-0.15, -0.1) is 0 Å². The van der Waals surface area contributed by atoms with Crippen LogP contribution in [0.3, 0.4) is 0 Å². The fraction of sp³-hybridized carbons (Fsp3) is 0.0952. The molecule has 4 aromatic rings. The van der Waals surface area contributed by atoms with Crippen LogP contribution in [0.5, 0.6) is 0 Å². The van der Waals surface area contributed by atoms with E-state index in [1.807, 2.05) is 50.2 Å². The van der Waals surface area contributed by atoms with Crippen molar-refractivity contribution in [1.82, 2.24) is 15.0 Å². The number of nitrogens with one attached hydrogen (secondary N) is 2. The maximum Gasteiger partial charge on any atom is 0.353 e. The Bertz CT molecular complexity index is 1280. The molecule has 9 heteroatoms. The molecule has 0 atom stereocenters. The van der Waals surface area contributed by atoms with Crippen molar-refractivity contribution < 1.29 is 4.92 Å². The lowest BCUT2D eigenvalue weighted by molar-refractivity contribution is -0.383. The van der Waals surface area contributed by atoms with E-state index >= 15 is 0 Å². The minimum Gasteiger partial charge on any atom is -0.334 e. The quantitative estimate of drug-likeness (QED) is 0.315. The first-order valence-corrected chi connectivity index (χ1v) is 9.46. The van der Waals surface area contributed by atoms with Crippen LogP contribution in [-0.4, -0.2) is 19.9 Å². The number of hydrogen-bond donors (Lipinski definition) is 2. The van der Waals surface area contributed by atoms with Gasteiger partial charge < -0.3 is 10.6 Å². The van der Waals surface area contributed by atoms with Crippen LogP contribution in [0.2, 0.25) is 5.02 Å². The second kappa shape index (κ2) is 7.92. The Labute approximate surface area is 177 Å². The number of benzene rings is 2. The van der Waals surface area contributed by atoms with E-state index in [2.05, 4.69) is 25.6 Å². The zero-order valence-corrected chi connectivity index (χ0v) is 16.9. The van der Waals surface area contributed by atoms with E-state index in [0.29, 0.717) is 16.4 Å². The van der Waals surface area contributed by atoms with Crippen molar-refractivity contribution in [2.45, 2.75) is 13.8 Å². The fourth-order valence-electron chi connectivity index (χ4n) is 3.08. The minimum atomic E-state index is -0.516. The summed E-state index contributed by atoms with van der Waals surface area (Å²) >= 11 is 6.07. The minimum absolute atomic E-state index is 0.0667. The van der Waals surface area contributed by atoms with Gasteiger partial charge in [0.25, 0.3) is 0 Å². The summed E-state index contributed by atoms with van der Waals surface area (Å²) in [7, 11) is 0. The molecule has 8 nitrogen and oxygen atoms in total. The summed E-state index contributed by atoms with van der Waals surface area (Å²) < 4.78 is 0. The van der Waals surface area contributed by atoms with E-state index in [1.54, 1.807) is 12.1 Å². The Balaban J connectivity index is 1.77. The Morgan fingerprint density at radius 2 is 1.70 bits per heavy atom. The average molecular weight is 421 g/mol. The lowest BCUT2D eigenvalue weighted by Crippen LogP contribution is -2.06. The van der Waals surface area contributed by atoms with E-state index in [9.17, 15) is 10.1 Å². The maximum absolute atomic E-state index is 11.9. The van der Waals surface area contributed by atoms with E-state index in [4.69, 9.17) is 11.6 Å². The zero-order valence-electron chi connectivity index (χ0n) is 16.2. The summed E-state index contributed by atoms with van der Waals surface area (Å²) in [5, 5.41) is 19.3. The molecule has 2 N–H and O–H groups in total. The number of nitrogens with zero attached hydrogens (tertiary/aromatic N) is 4. The molecule has 0 amide bonds. The molecule has 0 bridgehead atoms. The van der Waals surface area contributed by atoms with Crippen molar-refractivity contribution in [3.8, 4) is 0 Å². The van der Waals surface area contributed by atoms with Gasteiger partial charge in [0, 0.05) is 27.5 Å². The van der Waals surface area contributed by atoms with Gasteiger partial charge >= 0.3 is 5.69 Å². The van der Waals surface area contributed by atoms with Gasteiger partial charge in [-0.3, -0.25) is 15.1 Å². The molecule has 2 heterocycles. The molecule has 2 aromatic carbocycles. The van der Waals surface area contributed by atoms with Gasteiger partial charge in [-0.1, -0.05) is 23.7 Å². The molecule has 30 heavy (non-hydrogen) atoms. The van der Waals surface area contributed by atoms with Crippen molar-refractivity contribution in [1.29, 1.82) is 0 Å². The van der Waals surface area contributed by atoms with Crippen LogP contribution in [0.25, 0.3) is 10.9 Å². The number of rotatable bonds is 5. The molecule has 0 fully saturated rings. The summed E-state index contributed by atoms with van der Waals surface area (Å²) in [6.07, 6.45) is 1.27. The summed E-state index contributed by atoms with van der Waals surface area (Å²) in [6, 6.07) is 14.6. The number of pyridine rings is 1. The third-order valence-corrected chi connectivity index (χ3v) is 4.82. The Hall–Kier alpha value is -3.78. The van der Waals surface area contributed by atoms with Crippen LogP contribution in [0.1, 0.15) is 11.3 Å². The molecular weight excluding hydrogens is 404 g/mol. The first-order chi connectivity index (χ1) is 14.4. The molecule has 0 unspecified atom stereocenters. The highest BCUT2D eigenvalue weighted by Crippen LogP contribution is 2.35. The van der Waals surface area contributed by atoms with Gasteiger partial charge in [0.15, 0.2) is 0 Å². The summed E-state index contributed by atoms with van der Waals surface area (Å²) in [5.41, 5.74) is 3.55. The van der Waals surface area contributed by atoms with Crippen molar-refractivity contribution in [2.75, 3.05) is 10.6 Å². The van der Waals surface area contributed by atoms with Gasteiger partial charge in [0.1, 0.15) is 6.33 Å². The molecule has 0 saturated carbocycles. The van der Waals surface area contributed by atoms with Crippen LogP contribution in [0, 0.1) is 24.0 Å². The van der Waals surface area contributed by atoms with Crippen LogP contribution in [-0.2, 0) is 0 Å². The molecular formula is C21H17ClN6O2.